The van der Waals surface area contributed by atoms with Gasteiger partial charge in [0, 0.05) is 18.7 Å². The van der Waals surface area contributed by atoms with Gasteiger partial charge in [0.2, 0.25) is 0 Å². The Balaban J connectivity index is 1.84. The summed E-state index contributed by atoms with van der Waals surface area (Å²) in [4.78, 5) is 25.4. The summed E-state index contributed by atoms with van der Waals surface area (Å²) in [6, 6.07) is 3.34. The topological polar surface area (TPSA) is 76.1 Å². The highest BCUT2D eigenvalue weighted by molar-refractivity contribution is 9.10. The predicted octanol–water partition coefficient (Wildman–Crippen LogP) is 2.01. The van der Waals surface area contributed by atoms with Crippen LogP contribution >= 0.6 is 15.9 Å². The summed E-state index contributed by atoms with van der Waals surface area (Å²) in [7, 11) is 0. The molecule has 6 nitrogen and oxygen atoms in total. The van der Waals surface area contributed by atoms with Crippen molar-refractivity contribution in [3.8, 4) is 11.5 Å². The van der Waals surface area contributed by atoms with Crippen LogP contribution in [0.4, 0.5) is 0 Å². The Morgan fingerprint density at radius 1 is 1.27 bits per heavy atom. The van der Waals surface area contributed by atoms with Crippen molar-refractivity contribution in [3.05, 3.63) is 22.2 Å². The number of amides is 1. The first kappa shape index (κ1) is 15.1. The SMILES string of the molecule is C[C@@H]1CN(C(=O)c2cc(Br)c3c(c2)OCCO3)C[C@H]1C(=O)O. The number of likely N-dealkylation sites (tertiary alicyclic amines) is 1. The first-order valence-electron chi connectivity index (χ1n) is 7.08. The van der Waals surface area contributed by atoms with E-state index in [1.54, 1.807) is 17.0 Å². The Kier molecular flexibility index (Phi) is 3.99. The molecule has 0 radical (unpaired) electrons. The molecule has 2 heterocycles. The van der Waals surface area contributed by atoms with E-state index in [9.17, 15) is 14.7 Å². The van der Waals surface area contributed by atoms with Crippen LogP contribution in [0.2, 0.25) is 0 Å². The normalized spacial score (nSPS) is 23.5. The lowest BCUT2D eigenvalue weighted by molar-refractivity contribution is -0.142. The second kappa shape index (κ2) is 5.79. The molecule has 0 saturated carbocycles. The van der Waals surface area contributed by atoms with E-state index in [1.807, 2.05) is 6.92 Å². The van der Waals surface area contributed by atoms with Crippen molar-refractivity contribution < 1.29 is 24.2 Å². The van der Waals surface area contributed by atoms with E-state index in [2.05, 4.69) is 15.9 Å². The molecular weight excluding hydrogens is 354 g/mol. The summed E-state index contributed by atoms with van der Waals surface area (Å²) in [6.45, 7) is 3.46. The van der Waals surface area contributed by atoms with Gasteiger partial charge in [-0.3, -0.25) is 9.59 Å². The van der Waals surface area contributed by atoms with E-state index < -0.39 is 11.9 Å². The van der Waals surface area contributed by atoms with Crippen LogP contribution in [0.5, 0.6) is 11.5 Å². The monoisotopic (exact) mass is 369 g/mol. The van der Waals surface area contributed by atoms with E-state index in [1.165, 1.54) is 0 Å². The fourth-order valence-electron chi connectivity index (χ4n) is 2.87. The standard InChI is InChI=1S/C15H16BrNO5/c1-8-6-17(7-10(8)15(19)20)14(18)9-4-11(16)13-12(5-9)21-2-3-22-13/h4-5,8,10H,2-3,6-7H2,1H3,(H,19,20)/t8-,10-/m1/s1. The van der Waals surface area contributed by atoms with Gasteiger partial charge in [0.25, 0.3) is 5.91 Å². The van der Waals surface area contributed by atoms with Crippen LogP contribution in [0.3, 0.4) is 0 Å². The molecular formula is C15H16BrNO5. The highest BCUT2D eigenvalue weighted by Gasteiger charge is 2.37. The lowest BCUT2D eigenvalue weighted by Crippen LogP contribution is -2.30. The highest BCUT2D eigenvalue weighted by Crippen LogP contribution is 2.39. The minimum absolute atomic E-state index is 0.0536. The number of benzene rings is 1. The molecule has 118 valence electrons. The van der Waals surface area contributed by atoms with Crippen molar-refractivity contribution in [2.45, 2.75) is 6.92 Å². The van der Waals surface area contributed by atoms with Gasteiger partial charge in [-0.25, -0.2) is 0 Å². The largest absolute Gasteiger partial charge is 0.486 e. The number of aliphatic carboxylic acids is 1. The van der Waals surface area contributed by atoms with Crippen molar-refractivity contribution in [2.24, 2.45) is 11.8 Å². The molecule has 1 saturated heterocycles. The van der Waals surface area contributed by atoms with Gasteiger partial charge in [-0.2, -0.15) is 0 Å². The summed E-state index contributed by atoms with van der Waals surface area (Å²) < 4.78 is 11.7. The van der Waals surface area contributed by atoms with E-state index in [0.717, 1.165) is 0 Å². The number of carbonyl (C=O) groups is 2. The lowest BCUT2D eigenvalue weighted by Gasteiger charge is -2.22. The number of hydrogen-bond donors (Lipinski definition) is 1. The van der Waals surface area contributed by atoms with E-state index in [4.69, 9.17) is 9.47 Å². The molecule has 2 aliphatic rings. The third-order valence-electron chi connectivity index (χ3n) is 4.06. The Labute approximate surface area is 136 Å². The highest BCUT2D eigenvalue weighted by atomic mass is 79.9. The number of nitrogens with zero attached hydrogens (tertiary/aromatic N) is 1. The average Bonchev–Trinajstić information content (AvgIpc) is 2.88. The van der Waals surface area contributed by atoms with E-state index >= 15 is 0 Å². The molecule has 0 bridgehead atoms. The first-order valence-corrected chi connectivity index (χ1v) is 7.88. The maximum atomic E-state index is 12.6. The minimum Gasteiger partial charge on any atom is -0.486 e. The van der Waals surface area contributed by atoms with Crippen LogP contribution in [-0.4, -0.2) is 48.2 Å². The van der Waals surface area contributed by atoms with Crippen LogP contribution in [0.1, 0.15) is 17.3 Å². The molecule has 1 aromatic rings. The molecule has 1 amide bonds. The molecule has 0 unspecified atom stereocenters. The Bertz CT molecular complexity index is 633. The fraction of sp³-hybridized carbons (Fsp3) is 0.467. The molecule has 7 heteroatoms. The zero-order chi connectivity index (χ0) is 15.9. The number of carboxylic acids is 1. The first-order chi connectivity index (χ1) is 10.5. The summed E-state index contributed by atoms with van der Waals surface area (Å²) >= 11 is 3.39. The van der Waals surface area contributed by atoms with Crippen LogP contribution < -0.4 is 9.47 Å². The third kappa shape index (κ3) is 2.65. The lowest BCUT2D eigenvalue weighted by atomic mass is 9.99. The molecule has 1 N–H and O–H groups in total. The van der Waals surface area contributed by atoms with Crippen molar-refractivity contribution in [1.29, 1.82) is 0 Å². The summed E-state index contributed by atoms with van der Waals surface area (Å²) in [6.07, 6.45) is 0. The van der Waals surface area contributed by atoms with Crippen molar-refractivity contribution in [3.63, 3.8) is 0 Å². The number of hydrogen-bond acceptors (Lipinski definition) is 4. The van der Waals surface area contributed by atoms with Gasteiger partial charge in [0.05, 0.1) is 10.4 Å². The number of carbonyl (C=O) groups excluding carboxylic acids is 1. The Morgan fingerprint density at radius 3 is 2.68 bits per heavy atom. The fourth-order valence-corrected chi connectivity index (χ4v) is 3.43. The van der Waals surface area contributed by atoms with Gasteiger partial charge in [0.15, 0.2) is 11.5 Å². The van der Waals surface area contributed by atoms with Crippen LogP contribution in [-0.2, 0) is 4.79 Å². The number of carboxylic acid groups (broad SMARTS) is 1. The average molecular weight is 370 g/mol. The van der Waals surface area contributed by atoms with Crippen molar-refractivity contribution >= 4 is 27.8 Å². The van der Waals surface area contributed by atoms with Gasteiger partial charge in [-0.1, -0.05) is 6.92 Å². The van der Waals surface area contributed by atoms with Crippen LogP contribution in [0.15, 0.2) is 16.6 Å². The van der Waals surface area contributed by atoms with Crippen molar-refractivity contribution in [2.75, 3.05) is 26.3 Å². The number of fused-ring (bicyclic) bond motifs is 1. The second-order valence-electron chi connectivity index (χ2n) is 5.61. The quantitative estimate of drug-likeness (QED) is 0.862. The van der Waals surface area contributed by atoms with Gasteiger partial charge in [0.1, 0.15) is 13.2 Å². The molecule has 3 rings (SSSR count). The van der Waals surface area contributed by atoms with E-state index in [-0.39, 0.29) is 18.4 Å². The summed E-state index contributed by atoms with van der Waals surface area (Å²) in [5.74, 6) is -0.474. The maximum Gasteiger partial charge on any atom is 0.308 e. The molecule has 2 aliphatic heterocycles. The van der Waals surface area contributed by atoms with Gasteiger partial charge in [-0.05, 0) is 34.0 Å². The van der Waals surface area contributed by atoms with Crippen molar-refractivity contribution in [1.82, 2.24) is 4.90 Å². The number of rotatable bonds is 2. The third-order valence-corrected chi connectivity index (χ3v) is 4.65. The Hall–Kier alpha value is -1.76. The van der Waals surface area contributed by atoms with Gasteiger partial charge in [-0.15, -0.1) is 0 Å². The minimum atomic E-state index is -0.855. The molecule has 1 aromatic carbocycles. The number of ether oxygens (including phenoxy) is 2. The maximum absolute atomic E-state index is 12.6. The zero-order valence-electron chi connectivity index (χ0n) is 12.0. The Morgan fingerprint density at radius 2 is 2.00 bits per heavy atom. The molecule has 1 fully saturated rings. The predicted molar refractivity (Wildman–Crippen MR) is 81.3 cm³/mol. The molecule has 0 aromatic heterocycles. The zero-order valence-corrected chi connectivity index (χ0v) is 13.6. The van der Waals surface area contributed by atoms with Gasteiger partial charge >= 0.3 is 5.97 Å². The van der Waals surface area contributed by atoms with Gasteiger partial charge < -0.3 is 19.5 Å². The second-order valence-corrected chi connectivity index (χ2v) is 6.47. The molecule has 2 atom stereocenters. The summed E-state index contributed by atoms with van der Waals surface area (Å²) in [5, 5.41) is 9.17. The number of halogens is 1. The van der Waals surface area contributed by atoms with Crippen LogP contribution in [0, 0.1) is 11.8 Å². The summed E-state index contributed by atoms with van der Waals surface area (Å²) in [5.41, 5.74) is 0.467. The molecule has 0 aliphatic carbocycles. The smallest absolute Gasteiger partial charge is 0.308 e. The molecule has 22 heavy (non-hydrogen) atoms. The van der Waals surface area contributed by atoms with Crippen LogP contribution in [0.25, 0.3) is 0 Å². The molecule has 0 spiro atoms. The van der Waals surface area contributed by atoms with E-state index in [0.29, 0.717) is 41.3 Å².